The van der Waals surface area contributed by atoms with Gasteiger partial charge >= 0.3 is 0 Å². The molecule has 1 N–H and O–H groups in total. The number of carboxylic acids is 1. The van der Waals surface area contributed by atoms with Crippen LogP contribution in [0.1, 0.15) is 25.0 Å². The van der Waals surface area contributed by atoms with Crippen molar-refractivity contribution in [1.29, 1.82) is 0 Å². The number of hydrogen-bond acceptors (Lipinski definition) is 6. The second-order valence-corrected chi connectivity index (χ2v) is 9.22. The number of carboxylic acid groups (broad SMARTS) is 1. The number of aromatic nitrogens is 3. The van der Waals surface area contributed by atoms with E-state index >= 15 is 0 Å². The van der Waals surface area contributed by atoms with Crippen LogP contribution in [-0.2, 0) is 9.59 Å². The van der Waals surface area contributed by atoms with Gasteiger partial charge in [-0.05, 0) is 49.1 Å². The number of carbonyl (C=O) groups is 2. The van der Waals surface area contributed by atoms with Gasteiger partial charge in [0.05, 0.1) is 23.5 Å². The average molecular weight is 472 g/mol. The maximum atomic E-state index is 12.4. The topological polar surface area (TPSA) is 99.9 Å². The smallest absolute Gasteiger partial charge is 0.231 e. The third-order valence-electron chi connectivity index (χ3n) is 4.89. The molecule has 0 bridgehead atoms. The van der Waals surface area contributed by atoms with E-state index in [-0.39, 0.29) is 11.7 Å². The van der Waals surface area contributed by atoms with Crippen LogP contribution in [0.3, 0.4) is 0 Å². The maximum absolute atomic E-state index is 12.4. The van der Waals surface area contributed by atoms with Crippen LogP contribution < -0.4 is 10.4 Å². The van der Waals surface area contributed by atoms with E-state index < -0.39 is 17.9 Å². The lowest BCUT2D eigenvalue weighted by Gasteiger charge is -2.23. The predicted molar refractivity (Wildman–Crippen MR) is 124 cm³/mol. The largest absolute Gasteiger partial charge is 0.548 e. The summed E-state index contributed by atoms with van der Waals surface area (Å²) in [5.74, 6) is -1.44. The molecule has 1 atom stereocenters. The standard InChI is InChI=1S/C23H25ClN4O3S/c1-13(2)20(22(30)31)25-19(29)12-32-23-27-26-21(16-6-5-7-17(24)11-16)28(23)18-10-14(3)8-9-15(18)4/h5-11,13,20H,12H2,1-4H3,(H,25,29)(H,30,31)/p-1/t20-/m0/s1. The lowest BCUT2D eigenvalue weighted by atomic mass is 10.1. The monoisotopic (exact) mass is 471 g/mol. The van der Waals surface area contributed by atoms with E-state index in [0.717, 1.165) is 22.4 Å². The van der Waals surface area contributed by atoms with Crippen LogP contribution in [0.4, 0.5) is 0 Å². The van der Waals surface area contributed by atoms with Gasteiger partial charge in [-0.25, -0.2) is 0 Å². The lowest BCUT2D eigenvalue weighted by molar-refractivity contribution is -0.309. The molecule has 9 heteroatoms. The summed E-state index contributed by atoms with van der Waals surface area (Å²) in [6.07, 6.45) is 0. The second kappa shape index (κ2) is 10.2. The zero-order chi connectivity index (χ0) is 23.4. The Kier molecular flexibility index (Phi) is 7.58. The minimum Gasteiger partial charge on any atom is -0.548 e. The molecule has 0 unspecified atom stereocenters. The van der Waals surface area contributed by atoms with Crippen molar-refractivity contribution in [3.05, 3.63) is 58.6 Å². The van der Waals surface area contributed by atoms with Crippen molar-refractivity contribution in [2.24, 2.45) is 5.92 Å². The zero-order valence-corrected chi connectivity index (χ0v) is 19.8. The van der Waals surface area contributed by atoms with Gasteiger partial charge in [0.2, 0.25) is 5.91 Å². The Labute approximate surface area is 196 Å². The van der Waals surface area contributed by atoms with Crippen LogP contribution in [0.2, 0.25) is 5.02 Å². The number of aliphatic carboxylic acids is 1. The summed E-state index contributed by atoms with van der Waals surface area (Å²) in [7, 11) is 0. The fourth-order valence-corrected chi connectivity index (χ4v) is 4.14. The van der Waals surface area contributed by atoms with Gasteiger partial charge in [-0.3, -0.25) is 9.36 Å². The number of carbonyl (C=O) groups excluding carboxylic acids is 2. The number of aryl methyl sites for hydroxylation is 2. The number of halogens is 1. The highest BCUT2D eigenvalue weighted by Gasteiger charge is 2.21. The summed E-state index contributed by atoms with van der Waals surface area (Å²) in [6.45, 7) is 7.41. The van der Waals surface area contributed by atoms with E-state index in [1.807, 2.05) is 48.7 Å². The van der Waals surface area contributed by atoms with Crippen molar-refractivity contribution < 1.29 is 14.7 Å². The first-order valence-electron chi connectivity index (χ1n) is 10.1. The van der Waals surface area contributed by atoms with Crippen LogP contribution in [0.5, 0.6) is 0 Å². The van der Waals surface area contributed by atoms with Gasteiger partial charge in [0, 0.05) is 10.6 Å². The molecule has 0 spiro atoms. The van der Waals surface area contributed by atoms with E-state index in [9.17, 15) is 14.7 Å². The molecule has 0 aliphatic heterocycles. The van der Waals surface area contributed by atoms with Crippen molar-refractivity contribution in [1.82, 2.24) is 20.1 Å². The number of thioether (sulfide) groups is 1. The first-order chi connectivity index (χ1) is 15.2. The third kappa shape index (κ3) is 5.49. The van der Waals surface area contributed by atoms with E-state index in [4.69, 9.17) is 11.6 Å². The van der Waals surface area contributed by atoms with Gasteiger partial charge < -0.3 is 15.2 Å². The van der Waals surface area contributed by atoms with Crippen LogP contribution >= 0.6 is 23.4 Å². The van der Waals surface area contributed by atoms with E-state index in [1.54, 1.807) is 26.0 Å². The first kappa shape index (κ1) is 23.8. The zero-order valence-electron chi connectivity index (χ0n) is 18.3. The Hall–Kier alpha value is -2.84. The molecule has 168 valence electrons. The molecule has 0 aliphatic rings. The van der Waals surface area contributed by atoms with Gasteiger partial charge in [0.25, 0.3) is 0 Å². The first-order valence-corrected chi connectivity index (χ1v) is 11.5. The van der Waals surface area contributed by atoms with Crippen LogP contribution in [0, 0.1) is 19.8 Å². The molecule has 2 aromatic carbocycles. The number of benzene rings is 2. The Morgan fingerprint density at radius 3 is 2.56 bits per heavy atom. The van der Waals surface area contributed by atoms with Crippen molar-refractivity contribution in [2.75, 3.05) is 5.75 Å². The normalized spacial score (nSPS) is 12.1. The molecule has 0 saturated carbocycles. The van der Waals surface area contributed by atoms with Gasteiger partial charge in [-0.2, -0.15) is 0 Å². The summed E-state index contributed by atoms with van der Waals surface area (Å²) in [6, 6.07) is 12.3. The van der Waals surface area contributed by atoms with Gasteiger partial charge in [-0.15, -0.1) is 10.2 Å². The highest BCUT2D eigenvalue weighted by Crippen LogP contribution is 2.31. The summed E-state index contributed by atoms with van der Waals surface area (Å²) >= 11 is 7.37. The average Bonchev–Trinajstić information content (AvgIpc) is 3.15. The van der Waals surface area contributed by atoms with E-state index in [2.05, 4.69) is 15.5 Å². The lowest BCUT2D eigenvalue weighted by Crippen LogP contribution is -2.51. The molecule has 7 nitrogen and oxygen atoms in total. The summed E-state index contributed by atoms with van der Waals surface area (Å²) in [4.78, 5) is 23.7. The second-order valence-electron chi connectivity index (χ2n) is 7.84. The van der Waals surface area contributed by atoms with Crippen molar-refractivity contribution >= 4 is 35.2 Å². The SMILES string of the molecule is Cc1ccc(C)c(-n2c(SCC(=O)N[C@H](C(=O)[O-])C(C)C)nnc2-c2cccc(Cl)c2)c1. The number of nitrogens with one attached hydrogen (secondary N) is 1. The summed E-state index contributed by atoms with van der Waals surface area (Å²) < 4.78 is 1.89. The molecule has 1 heterocycles. The molecule has 3 rings (SSSR count). The number of amides is 1. The van der Waals surface area contributed by atoms with E-state index in [0.29, 0.717) is 16.0 Å². The number of hydrogen-bond donors (Lipinski definition) is 1. The Morgan fingerprint density at radius 2 is 1.91 bits per heavy atom. The fraction of sp³-hybridized carbons (Fsp3) is 0.304. The van der Waals surface area contributed by atoms with Gasteiger partial charge in [0.1, 0.15) is 0 Å². The van der Waals surface area contributed by atoms with Gasteiger partial charge in [-0.1, -0.05) is 61.5 Å². The van der Waals surface area contributed by atoms with Crippen LogP contribution in [0.15, 0.2) is 47.6 Å². The van der Waals surface area contributed by atoms with Crippen molar-refractivity contribution in [2.45, 2.75) is 38.9 Å². The van der Waals surface area contributed by atoms with Gasteiger partial charge in [0.15, 0.2) is 11.0 Å². The summed E-state index contributed by atoms with van der Waals surface area (Å²) in [5.41, 5.74) is 3.77. The maximum Gasteiger partial charge on any atom is 0.231 e. The Bertz CT molecular complexity index is 1150. The molecule has 1 amide bonds. The molecular formula is C23H24ClN4O3S-. The molecule has 3 aromatic rings. The highest BCUT2D eigenvalue weighted by atomic mass is 35.5. The Morgan fingerprint density at radius 1 is 1.16 bits per heavy atom. The number of rotatable bonds is 8. The van der Waals surface area contributed by atoms with Crippen LogP contribution in [-0.4, -0.2) is 38.4 Å². The molecule has 32 heavy (non-hydrogen) atoms. The third-order valence-corrected chi connectivity index (χ3v) is 6.06. The Balaban J connectivity index is 1.95. The molecule has 0 aliphatic carbocycles. The molecule has 0 radical (unpaired) electrons. The quantitative estimate of drug-likeness (QED) is 0.506. The summed E-state index contributed by atoms with van der Waals surface area (Å²) in [5, 5.41) is 23.6. The van der Waals surface area contributed by atoms with E-state index in [1.165, 1.54) is 11.8 Å². The molecule has 0 fully saturated rings. The molecule has 1 aromatic heterocycles. The predicted octanol–water partition coefficient (Wildman–Crippen LogP) is 3.19. The highest BCUT2D eigenvalue weighted by molar-refractivity contribution is 7.99. The minimum absolute atomic E-state index is 0.0188. The minimum atomic E-state index is -1.31. The van der Waals surface area contributed by atoms with Crippen LogP contribution in [0.25, 0.3) is 17.1 Å². The number of nitrogens with zero attached hydrogens (tertiary/aromatic N) is 3. The fourth-order valence-electron chi connectivity index (χ4n) is 3.20. The van der Waals surface area contributed by atoms with Crippen molar-refractivity contribution in [3.63, 3.8) is 0 Å². The van der Waals surface area contributed by atoms with Crippen molar-refractivity contribution in [3.8, 4) is 17.1 Å². The molecular weight excluding hydrogens is 448 g/mol. The molecule has 0 saturated heterocycles.